The van der Waals surface area contributed by atoms with Crippen LogP contribution in [-0.2, 0) is 9.53 Å². The largest absolute Gasteiger partial charge is 0.491 e. The molecule has 0 amide bonds. The number of ketones is 1. The summed E-state index contributed by atoms with van der Waals surface area (Å²) in [7, 11) is 0. The maximum atomic E-state index is 10.6. The first-order valence-corrected chi connectivity index (χ1v) is 5.45. The minimum atomic E-state index is 0.152. The molecule has 88 valence electrons. The van der Waals surface area contributed by atoms with Crippen LogP contribution < -0.4 is 4.74 Å². The Morgan fingerprint density at radius 3 is 2.44 bits per heavy atom. The van der Waals surface area contributed by atoms with E-state index in [4.69, 9.17) is 9.47 Å². The van der Waals surface area contributed by atoms with Crippen LogP contribution in [0.3, 0.4) is 0 Å². The molecule has 0 aromatic heterocycles. The van der Waals surface area contributed by atoms with Crippen molar-refractivity contribution in [1.82, 2.24) is 0 Å². The molecule has 0 saturated carbocycles. The van der Waals surface area contributed by atoms with Gasteiger partial charge in [0.2, 0.25) is 0 Å². The number of benzene rings is 1. The fourth-order valence-corrected chi connectivity index (χ4v) is 1.17. The normalized spacial score (nSPS) is 10.1. The highest BCUT2D eigenvalue weighted by atomic mass is 16.5. The van der Waals surface area contributed by atoms with Gasteiger partial charge in [0, 0.05) is 6.42 Å². The van der Waals surface area contributed by atoms with Crippen molar-refractivity contribution in [3.05, 3.63) is 29.8 Å². The molecule has 3 nitrogen and oxygen atoms in total. The average Bonchev–Trinajstić information content (AvgIpc) is 2.25. The molecule has 0 heterocycles. The number of carbonyl (C=O) groups is 1. The lowest BCUT2D eigenvalue weighted by Gasteiger charge is -2.06. The average molecular weight is 222 g/mol. The quantitative estimate of drug-likeness (QED) is 0.664. The van der Waals surface area contributed by atoms with Gasteiger partial charge >= 0.3 is 0 Å². The van der Waals surface area contributed by atoms with Crippen LogP contribution in [0.4, 0.5) is 0 Å². The predicted octanol–water partition coefficient (Wildman–Crippen LogP) is 2.37. The van der Waals surface area contributed by atoms with Crippen molar-refractivity contribution in [2.45, 2.75) is 20.3 Å². The van der Waals surface area contributed by atoms with Gasteiger partial charge in [-0.25, -0.2) is 0 Å². The summed E-state index contributed by atoms with van der Waals surface area (Å²) in [5.41, 5.74) is 1.21. The van der Waals surface area contributed by atoms with Crippen LogP contribution >= 0.6 is 0 Å². The standard InChI is InChI=1S/C13H18O3/c1-11-3-5-13(6-4-11)16-10-9-15-8-7-12(2)14/h3-6H,7-10H2,1-2H3. The van der Waals surface area contributed by atoms with Gasteiger partial charge < -0.3 is 9.47 Å². The Kier molecular flexibility index (Phi) is 5.57. The van der Waals surface area contributed by atoms with E-state index in [1.807, 2.05) is 31.2 Å². The first kappa shape index (κ1) is 12.7. The zero-order valence-corrected chi connectivity index (χ0v) is 9.86. The van der Waals surface area contributed by atoms with Crippen molar-refractivity contribution in [3.8, 4) is 5.75 Å². The Morgan fingerprint density at radius 2 is 1.81 bits per heavy atom. The second-order valence-electron chi connectivity index (χ2n) is 3.73. The number of hydrogen-bond donors (Lipinski definition) is 0. The van der Waals surface area contributed by atoms with E-state index in [1.165, 1.54) is 5.56 Å². The van der Waals surface area contributed by atoms with Gasteiger partial charge in [0.1, 0.15) is 18.1 Å². The number of carbonyl (C=O) groups excluding carboxylic acids is 1. The minimum Gasteiger partial charge on any atom is -0.491 e. The molecule has 1 aromatic carbocycles. The predicted molar refractivity (Wildman–Crippen MR) is 62.8 cm³/mol. The van der Waals surface area contributed by atoms with E-state index < -0.39 is 0 Å². The van der Waals surface area contributed by atoms with Gasteiger partial charge in [-0.3, -0.25) is 4.79 Å². The second-order valence-corrected chi connectivity index (χ2v) is 3.73. The highest BCUT2D eigenvalue weighted by molar-refractivity contribution is 5.75. The summed E-state index contributed by atoms with van der Waals surface area (Å²) in [6, 6.07) is 7.88. The van der Waals surface area contributed by atoms with Crippen molar-refractivity contribution >= 4 is 5.78 Å². The van der Waals surface area contributed by atoms with Crippen molar-refractivity contribution in [1.29, 1.82) is 0 Å². The van der Waals surface area contributed by atoms with E-state index in [1.54, 1.807) is 6.92 Å². The van der Waals surface area contributed by atoms with Crippen LogP contribution in [0.1, 0.15) is 18.9 Å². The molecule has 0 fully saturated rings. The van der Waals surface area contributed by atoms with Gasteiger partial charge in [-0.1, -0.05) is 17.7 Å². The van der Waals surface area contributed by atoms with Gasteiger partial charge in [0.15, 0.2) is 0 Å². The summed E-state index contributed by atoms with van der Waals surface area (Å²) in [6.45, 7) is 5.11. The Labute approximate surface area is 96.4 Å². The molecular weight excluding hydrogens is 204 g/mol. The molecule has 0 saturated heterocycles. The minimum absolute atomic E-state index is 0.152. The van der Waals surface area contributed by atoms with E-state index in [-0.39, 0.29) is 5.78 Å². The molecule has 0 aliphatic rings. The van der Waals surface area contributed by atoms with Crippen LogP contribution in [0, 0.1) is 6.92 Å². The molecule has 0 aliphatic carbocycles. The number of rotatable bonds is 7. The number of aryl methyl sites for hydroxylation is 1. The van der Waals surface area contributed by atoms with Gasteiger partial charge in [-0.05, 0) is 26.0 Å². The molecule has 0 aliphatic heterocycles. The van der Waals surface area contributed by atoms with Gasteiger partial charge in [0.25, 0.3) is 0 Å². The smallest absolute Gasteiger partial charge is 0.132 e. The van der Waals surface area contributed by atoms with Crippen molar-refractivity contribution < 1.29 is 14.3 Å². The lowest BCUT2D eigenvalue weighted by Crippen LogP contribution is -2.09. The first-order valence-electron chi connectivity index (χ1n) is 5.45. The van der Waals surface area contributed by atoms with E-state index in [2.05, 4.69) is 0 Å². The zero-order chi connectivity index (χ0) is 11.8. The van der Waals surface area contributed by atoms with E-state index in [9.17, 15) is 4.79 Å². The van der Waals surface area contributed by atoms with E-state index in [0.717, 1.165) is 5.75 Å². The van der Waals surface area contributed by atoms with Crippen LogP contribution in [0.25, 0.3) is 0 Å². The zero-order valence-electron chi connectivity index (χ0n) is 9.86. The molecule has 0 radical (unpaired) electrons. The third-order valence-corrected chi connectivity index (χ3v) is 2.12. The Balaban J connectivity index is 2.07. The number of hydrogen-bond acceptors (Lipinski definition) is 3. The van der Waals surface area contributed by atoms with E-state index >= 15 is 0 Å². The first-order chi connectivity index (χ1) is 7.68. The molecule has 1 aromatic rings. The highest BCUT2D eigenvalue weighted by Crippen LogP contribution is 2.10. The summed E-state index contributed by atoms with van der Waals surface area (Å²) in [6.07, 6.45) is 0.477. The van der Waals surface area contributed by atoms with Crippen molar-refractivity contribution in [3.63, 3.8) is 0 Å². The number of Topliss-reactive ketones (excluding diaryl/α,β-unsaturated/α-hetero) is 1. The monoisotopic (exact) mass is 222 g/mol. The summed E-state index contributed by atoms with van der Waals surface area (Å²) in [5.74, 6) is 1.00. The van der Waals surface area contributed by atoms with Crippen molar-refractivity contribution in [2.75, 3.05) is 19.8 Å². The van der Waals surface area contributed by atoms with Crippen LogP contribution in [0.5, 0.6) is 5.75 Å². The third kappa shape index (κ3) is 5.51. The SMILES string of the molecule is CC(=O)CCOCCOc1ccc(C)cc1. The summed E-state index contributed by atoms with van der Waals surface area (Å²) < 4.78 is 10.7. The maximum Gasteiger partial charge on any atom is 0.132 e. The topological polar surface area (TPSA) is 35.5 Å². The summed E-state index contributed by atoms with van der Waals surface area (Å²) in [4.78, 5) is 10.6. The Hall–Kier alpha value is -1.35. The molecular formula is C13H18O3. The fourth-order valence-electron chi connectivity index (χ4n) is 1.17. The molecule has 16 heavy (non-hydrogen) atoms. The molecule has 1 rings (SSSR count). The lowest BCUT2D eigenvalue weighted by molar-refractivity contribution is -0.118. The Bertz CT molecular complexity index is 316. The summed E-state index contributed by atoms with van der Waals surface area (Å²) >= 11 is 0. The van der Waals surface area contributed by atoms with Gasteiger partial charge in [-0.15, -0.1) is 0 Å². The van der Waals surface area contributed by atoms with Crippen LogP contribution in [-0.4, -0.2) is 25.6 Å². The number of ether oxygens (including phenoxy) is 2. The third-order valence-electron chi connectivity index (χ3n) is 2.12. The highest BCUT2D eigenvalue weighted by Gasteiger charge is 1.95. The maximum absolute atomic E-state index is 10.6. The lowest BCUT2D eigenvalue weighted by atomic mass is 10.2. The van der Waals surface area contributed by atoms with Gasteiger partial charge in [-0.2, -0.15) is 0 Å². The molecule has 0 atom stereocenters. The second kappa shape index (κ2) is 7.01. The van der Waals surface area contributed by atoms with Gasteiger partial charge in [0.05, 0.1) is 13.2 Å². The fraction of sp³-hybridized carbons (Fsp3) is 0.462. The van der Waals surface area contributed by atoms with E-state index in [0.29, 0.717) is 26.2 Å². The molecule has 3 heteroatoms. The van der Waals surface area contributed by atoms with Crippen LogP contribution in [0.15, 0.2) is 24.3 Å². The molecule has 0 N–H and O–H groups in total. The molecule has 0 bridgehead atoms. The molecule has 0 unspecified atom stereocenters. The Morgan fingerprint density at radius 1 is 1.12 bits per heavy atom. The van der Waals surface area contributed by atoms with Crippen molar-refractivity contribution in [2.24, 2.45) is 0 Å². The van der Waals surface area contributed by atoms with Crippen LogP contribution in [0.2, 0.25) is 0 Å². The summed E-state index contributed by atoms with van der Waals surface area (Å²) in [5, 5.41) is 0. The molecule has 0 spiro atoms.